The third kappa shape index (κ3) is 4.73. The summed E-state index contributed by atoms with van der Waals surface area (Å²) in [5.41, 5.74) is -0.250. The van der Waals surface area contributed by atoms with Crippen LogP contribution in [0, 0.1) is 19.8 Å². The van der Waals surface area contributed by atoms with E-state index in [-0.39, 0.29) is 23.7 Å². The number of sulfonamides is 1. The Hall–Kier alpha value is -2.11. The summed E-state index contributed by atoms with van der Waals surface area (Å²) in [5, 5.41) is 6.13. The van der Waals surface area contributed by atoms with Crippen molar-refractivity contribution in [3.63, 3.8) is 0 Å². The van der Waals surface area contributed by atoms with Gasteiger partial charge in [-0.15, -0.1) is 0 Å². The van der Waals surface area contributed by atoms with Crippen molar-refractivity contribution in [2.45, 2.75) is 37.8 Å². The first-order chi connectivity index (χ1) is 14.3. The number of anilines is 1. The first-order valence-corrected chi connectivity index (χ1v) is 11.3. The molecule has 1 fully saturated rings. The molecule has 0 bridgehead atoms. The minimum Gasteiger partial charge on any atom is -0.326 e. The Kier molecular flexibility index (Phi) is 6.41. The highest BCUT2D eigenvalue weighted by Gasteiger charge is 2.37. The van der Waals surface area contributed by atoms with Crippen LogP contribution < -0.4 is 5.32 Å². The van der Waals surface area contributed by atoms with E-state index in [1.54, 1.807) is 20.9 Å². The normalized spacial score (nSPS) is 18.2. The summed E-state index contributed by atoms with van der Waals surface area (Å²) >= 11 is 5.61. The summed E-state index contributed by atoms with van der Waals surface area (Å²) in [7, 11) is -2.22. The van der Waals surface area contributed by atoms with E-state index in [4.69, 9.17) is 11.6 Å². The number of nitrogens with zero attached hydrogens (tertiary/aromatic N) is 3. The molecule has 1 aromatic heterocycles. The fourth-order valence-corrected chi connectivity index (χ4v) is 5.84. The number of aryl methyl sites for hydroxylation is 2. The summed E-state index contributed by atoms with van der Waals surface area (Å²) in [6.07, 6.45) is -3.79. The van der Waals surface area contributed by atoms with Crippen LogP contribution in [0.3, 0.4) is 0 Å². The third-order valence-electron chi connectivity index (χ3n) is 5.33. The van der Waals surface area contributed by atoms with E-state index in [0.717, 1.165) is 12.1 Å². The molecule has 31 heavy (non-hydrogen) atoms. The molecule has 1 unspecified atom stereocenters. The van der Waals surface area contributed by atoms with Gasteiger partial charge >= 0.3 is 6.18 Å². The van der Waals surface area contributed by atoms with E-state index in [0.29, 0.717) is 24.2 Å². The van der Waals surface area contributed by atoms with Gasteiger partial charge in [-0.05, 0) is 44.9 Å². The fourth-order valence-electron chi connectivity index (χ4n) is 3.70. The lowest BCUT2D eigenvalue weighted by Gasteiger charge is -2.31. The second-order valence-electron chi connectivity index (χ2n) is 7.51. The Morgan fingerprint density at radius 2 is 1.97 bits per heavy atom. The summed E-state index contributed by atoms with van der Waals surface area (Å²) < 4.78 is 68.2. The van der Waals surface area contributed by atoms with E-state index >= 15 is 0 Å². The van der Waals surface area contributed by atoms with Crippen LogP contribution in [0.5, 0.6) is 0 Å². The van der Waals surface area contributed by atoms with Gasteiger partial charge in [0.05, 0.1) is 27.9 Å². The van der Waals surface area contributed by atoms with Gasteiger partial charge in [-0.1, -0.05) is 11.6 Å². The molecule has 12 heteroatoms. The van der Waals surface area contributed by atoms with Crippen LogP contribution in [0.2, 0.25) is 5.02 Å². The van der Waals surface area contributed by atoms with Crippen LogP contribution >= 0.6 is 11.6 Å². The maximum Gasteiger partial charge on any atom is 0.417 e. The highest BCUT2D eigenvalue weighted by atomic mass is 35.5. The lowest BCUT2D eigenvalue weighted by molar-refractivity contribution is -0.137. The van der Waals surface area contributed by atoms with E-state index in [1.807, 2.05) is 0 Å². The van der Waals surface area contributed by atoms with Crippen molar-refractivity contribution in [3.05, 3.63) is 40.2 Å². The van der Waals surface area contributed by atoms with E-state index in [1.165, 1.54) is 15.1 Å². The van der Waals surface area contributed by atoms with Gasteiger partial charge in [-0.25, -0.2) is 8.42 Å². The average molecular weight is 479 g/mol. The molecule has 0 radical (unpaired) electrons. The number of amides is 1. The number of rotatable bonds is 4. The second-order valence-corrected chi connectivity index (χ2v) is 9.79. The molecule has 1 amide bonds. The Labute approximate surface area is 183 Å². The summed E-state index contributed by atoms with van der Waals surface area (Å²) in [5.74, 6) is -1.25. The summed E-state index contributed by atoms with van der Waals surface area (Å²) in [4.78, 5) is 12.8. The molecule has 7 nitrogen and oxygen atoms in total. The summed E-state index contributed by atoms with van der Waals surface area (Å²) in [6, 6.07) is 3.10. The van der Waals surface area contributed by atoms with Crippen molar-refractivity contribution >= 4 is 33.2 Å². The highest BCUT2D eigenvalue weighted by molar-refractivity contribution is 7.89. The number of piperidine rings is 1. The van der Waals surface area contributed by atoms with Gasteiger partial charge in [0, 0.05) is 25.8 Å². The van der Waals surface area contributed by atoms with Crippen LogP contribution in [0.25, 0.3) is 0 Å². The standard InChI is InChI=1S/C19H22ClF3N4O3S/c1-11-17(12(2)26(3)25-11)31(29,30)27-8-4-5-13(10-27)18(28)24-14-6-7-16(20)15(9-14)19(21,22)23/h6-7,9,13H,4-5,8,10H2,1-3H3,(H,24,28). The van der Waals surface area contributed by atoms with Crippen molar-refractivity contribution in [3.8, 4) is 0 Å². The molecule has 1 atom stereocenters. The van der Waals surface area contributed by atoms with E-state index in [2.05, 4.69) is 10.4 Å². The first-order valence-electron chi connectivity index (χ1n) is 9.50. The Bertz CT molecular complexity index is 1120. The maximum atomic E-state index is 13.2. The van der Waals surface area contributed by atoms with E-state index < -0.39 is 38.6 Å². The molecule has 0 aliphatic carbocycles. The van der Waals surface area contributed by atoms with Gasteiger partial charge in [0.25, 0.3) is 0 Å². The molecule has 1 N–H and O–H groups in total. The number of carbonyl (C=O) groups excluding carboxylic acids is 1. The fraction of sp³-hybridized carbons (Fsp3) is 0.474. The molecular weight excluding hydrogens is 457 g/mol. The topological polar surface area (TPSA) is 84.3 Å². The molecule has 0 spiro atoms. The average Bonchev–Trinajstić information content (AvgIpc) is 2.94. The third-order valence-corrected chi connectivity index (χ3v) is 7.78. The van der Waals surface area contributed by atoms with E-state index in [9.17, 15) is 26.4 Å². The van der Waals surface area contributed by atoms with Crippen LogP contribution in [-0.4, -0.2) is 41.5 Å². The number of benzene rings is 1. The molecule has 2 aromatic rings. The number of alkyl halides is 3. The monoisotopic (exact) mass is 478 g/mol. The van der Waals surface area contributed by atoms with Crippen molar-refractivity contribution < 1.29 is 26.4 Å². The molecule has 2 heterocycles. The SMILES string of the molecule is Cc1nn(C)c(C)c1S(=O)(=O)N1CCCC(C(=O)Nc2ccc(Cl)c(C(F)(F)F)c2)C1. The first kappa shape index (κ1) is 23.6. The van der Waals surface area contributed by atoms with Gasteiger partial charge in [-0.3, -0.25) is 9.48 Å². The Morgan fingerprint density at radius 3 is 2.55 bits per heavy atom. The van der Waals surface area contributed by atoms with Crippen molar-refractivity contribution in [1.29, 1.82) is 0 Å². The zero-order valence-corrected chi connectivity index (χ0v) is 18.7. The second kappa shape index (κ2) is 8.44. The minimum atomic E-state index is -4.66. The van der Waals surface area contributed by atoms with Crippen LogP contribution in [-0.2, 0) is 28.0 Å². The molecule has 1 saturated heterocycles. The van der Waals surface area contributed by atoms with Gasteiger partial charge in [0.1, 0.15) is 4.90 Å². The predicted octanol–water partition coefficient (Wildman–Crippen LogP) is 3.75. The molecule has 1 aliphatic rings. The smallest absolute Gasteiger partial charge is 0.326 e. The molecule has 1 aliphatic heterocycles. The van der Waals surface area contributed by atoms with Crippen molar-refractivity contribution in [2.75, 3.05) is 18.4 Å². The van der Waals surface area contributed by atoms with Crippen molar-refractivity contribution in [1.82, 2.24) is 14.1 Å². The van der Waals surface area contributed by atoms with Crippen molar-refractivity contribution in [2.24, 2.45) is 13.0 Å². The zero-order chi connectivity index (χ0) is 23.1. The number of carbonyl (C=O) groups is 1. The van der Waals surface area contributed by atoms with Gasteiger partial charge in [0.2, 0.25) is 15.9 Å². The number of hydrogen-bond donors (Lipinski definition) is 1. The molecule has 1 aromatic carbocycles. The molecule has 3 rings (SSSR count). The predicted molar refractivity (Wildman–Crippen MR) is 109 cm³/mol. The number of nitrogens with one attached hydrogen (secondary N) is 1. The Morgan fingerprint density at radius 1 is 1.29 bits per heavy atom. The number of aromatic nitrogens is 2. The van der Waals surface area contributed by atoms with Crippen LogP contribution in [0.4, 0.5) is 18.9 Å². The molecule has 170 valence electrons. The van der Waals surface area contributed by atoms with Gasteiger partial charge in [0.15, 0.2) is 0 Å². The lowest BCUT2D eigenvalue weighted by atomic mass is 9.98. The molecule has 0 saturated carbocycles. The number of halogens is 4. The minimum absolute atomic E-state index is 0.0550. The van der Waals surface area contributed by atoms with Gasteiger partial charge in [-0.2, -0.15) is 22.6 Å². The summed E-state index contributed by atoms with van der Waals surface area (Å²) in [6.45, 7) is 3.44. The number of hydrogen-bond acceptors (Lipinski definition) is 4. The van der Waals surface area contributed by atoms with Gasteiger partial charge < -0.3 is 5.32 Å². The zero-order valence-electron chi connectivity index (χ0n) is 17.1. The van der Waals surface area contributed by atoms with Crippen LogP contribution in [0.1, 0.15) is 29.8 Å². The largest absolute Gasteiger partial charge is 0.417 e. The maximum absolute atomic E-state index is 13.2. The molecular formula is C19H22ClF3N4O3S. The quantitative estimate of drug-likeness (QED) is 0.725. The Balaban J connectivity index is 1.79. The van der Waals surface area contributed by atoms with Crippen LogP contribution in [0.15, 0.2) is 23.1 Å². The highest BCUT2D eigenvalue weighted by Crippen LogP contribution is 2.36. The lowest BCUT2D eigenvalue weighted by Crippen LogP contribution is -2.44.